The second kappa shape index (κ2) is 5.79. The van der Waals surface area contributed by atoms with Gasteiger partial charge in [-0.25, -0.2) is 8.42 Å². The minimum absolute atomic E-state index is 0.106. The quantitative estimate of drug-likeness (QED) is 0.524. The summed E-state index contributed by atoms with van der Waals surface area (Å²) in [6.07, 6.45) is 0.645. The topological polar surface area (TPSA) is 90.5 Å². The van der Waals surface area contributed by atoms with Crippen LogP contribution in [-0.2, 0) is 10.0 Å². The van der Waals surface area contributed by atoms with Crippen molar-refractivity contribution in [3.63, 3.8) is 0 Å². The van der Waals surface area contributed by atoms with Crippen LogP contribution in [0.25, 0.3) is 0 Å². The molecule has 1 aliphatic rings. The number of hydrogen-bond acceptors (Lipinski definition) is 4. The Morgan fingerprint density at radius 1 is 1.35 bits per heavy atom. The van der Waals surface area contributed by atoms with E-state index in [-0.39, 0.29) is 17.6 Å². The van der Waals surface area contributed by atoms with Crippen LogP contribution in [0.15, 0.2) is 0 Å². The van der Waals surface area contributed by atoms with Crippen molar-refractivity contribution in [2.75, 3.05) is 31.9 Å². The van der Waals surface area contributed by atoms with Gasteiger partial charge in [0, 0.05) is 26.2 Å². The first-order chi connectivity index (χ1) is 7.88. The van der Waals surface area contributed by atoms with Crippen molar-refractivity contribution < 1.29 is 8.42 Å². The zero-order valence-corrected chi connectivity index (χ0v) is 11.3. The summed E-state index contributed by atoms with van der Waals surface area (Å²) in [4.78, 5) is 2.04. The highest BCUT2D eigenvalue weighted by atomic mass is 32.2. The molecule has 1 atom stereocenters. The van der Waals surface area contributed by atoms with Crippen LogP contribution in [0.3, 0.4) is 0 Å². The first-order valence-corrected chi connectivity index (χ1v) is 7.55. The molecule has 7 heteroatoms. The molecule has 1 saturated heterocycles. The molecule has 0 amide bonds. The third kappa shape index (κ3) is 3.65. The number of nitrogens with one attached hydrogen (secondary N) is 1. The Kier molecular flexibility index (Phi) is 4.91. The minimum Gasteiger partial charge on any atom is -0.386 e. The van der Waals surface area contributed by atoms with E-state index in [1.807, 2.05) is 18.7 Å². The summed E-state index contributed by atoms with van der Waals surface area (Å²) < 4.78 is 25.2. The molecule has 0 saturated carbocycles. The molecule has 0 bridgehead atoms. The van der Waals surface area contributed by atoms with E-state index in [0.717, 1.165) is 0 Å². The Balaban J connectivity index is 2.54. The lowest BCUT2D eigenvalue weighted by atomic mass is 10.2. The van der Waals surface area contributed by atoms with Gasteiger partial charge >= 0.3 is 0 Å². The van der Waals surface area contributed by atoms with Gasteiger partial charge in [-0.2, -0.15) is 4.31 Å². The largest absolute Gasteiger partial charge is 0.386 e. The number of rotatable bonds is 5. The van der Waals surface area contributed by atoms with Crippen LogP contribution in [0.5, 0.6) is 0 Å². The zero-order chi connectivity index (χ0) is 13.1. The first kappa shape index (κ1) is 14.4. The summed E-state index contributed by atoms with van der Waals surface area (Å²) in [6, 6.07) is -0.106. The molecule has 0 aromatic rings. The fraction of sp³-hybridized carbons (Fsp3) is 0.900. The van der Waals surface area contributed by atoms with E-state index in [1.54, 1.807) is 4.31 Å². The normalized spacial score (nSPS) is 21.3. The van der Waals surface area contributed by atoms with Gasteiger partial charge in [0.2, 0.25) is 10.0 Å². The molecular weight excluding hydrogens is 240 g/mol. The second-order valence-corrected chi connectivity index (χ2v) is 6.47. The third-order valence-corrected chi connectivity index (χ3v) is 5.20. The molecular formula is C10H22N4O2S. The van der Waals surface area contributed by atoms with Crippen LogP contribution in [0.1, 0.15) is 20.3 Å². The highest BCUT2D eigenvalue weighted by Gasteiger charge is 2.28. The third-order valence-electron chi connectivity index (χ3n) is 3.13. The van der Waals surface area contributed by atoms with Gasteiger partial charge in [0.1, 0.15) is 5.84 Å². The Labute approximate surface area is 103 Å². The number of nitrogens with zero attached hydrogens (tertiary/aromatic N) is 2. The van der Waals surface area contributed by atoms with Gasteiger partial charge in [0.25, 0.3) is 0 Å². The molecule has 3 N–H and O–H groups in total. The van der Waals surface area contributed by atoms with Crippen molar-refractivity contribution in [1.82, 2.24) is 9.21 Å². The smallest absolute Gasteiger partial charge is 0.214 e. The summed E-state index contributed by atoms with van der Waals surface area (Å²) in [5, 5.41) is 7.38. The van der Waals surface area contributed by atoms with Crippen LogP contribution in [-0.4, -0.2) is 61.4 Å². The summed E-state index contributed by atoms with van der Waals surface area (Å²) in [6.45, 7) is 6.03. The summed E-state index contributed by atoms with van der Waals surface area (Å²) in [7, 11) is -3.08. The Bertz CT molecular complexity index is 361. The number of amidine groups is 1. The van der Waals surface area contributed by atoms with Gasteiger partial charge in [0.15, 0.2) is 0 Å². The second-order valence-electron chi connectivity index (χ2n) is 4.38. The highest BCUT2D eigenvalue weighted by molar-refractivity contribution is 7.89. The van der Waals surface area contributed by atoms with Crippen molar-refractivity contribution >= 4 is 15.9 Å². The fourth-order valence-corrected chi connectivity index (χ4v) is 3.45. The number of nitrogens with two attached hydrogens (primary N) is 1. The summed E-state index contributed by atoms with van der Waals surface area (Å²) in [5.41, 5.74) is 5.44. The van der Waals surface area contributed by atoms with Crippen molar-refractivity contribution in [1.29, 1.82) is 5.41 Å². The maximum absolute atomic E-state index is 11.8. The van der Waals surface area contributed by atoms with E-state index in [4.69, 9.17) is 11.1 Å². The average Bonchev–Trinajstić information content (AvgIpc) is 2.28. The molecule has 0 radical (unpaired) electrons. The molecule has 0 aliphatic carbocycles. The molecule has 1 rings (SSSR count). The molecule has 1 fully saturated rings. The van der Waals surface area contributed by atoms with E-state index in [9.17, 15) is 8.42 Å². The number of piperazine rings is 1. The molecule has 1 unspecified atom stereocenters. The SMILES string of the molecule is CCCS(=O)(=O)N1CCN(C(C)C(=N)N)CC1. The molecule has 0 spiro atoms. The Hall–Kier alpha value is -0.660. The fourth-order valence-electron chi connectivity index (χ4n) is 1.95. The monoisotopic (exact) mass is 262 g/mol. The lowest BCUT2D eigenvalue weighted by Gasteiger charge is -2.36. The van der Waals surface area contributed by atoms with Gasteiger partial charge < -0.3 is 5.73 Å². The highest BCUT2D eigenvalue weighted by Crippen LogP contribution is 2.11. The van der Waals surface area contributed by atoms with E-state index >= 15 is 0 Å². The molecule has 100 valence electrons. The lowest BCUT2D eigenvalue weighted by molar-refractivity contribution is 0.173. The van der Waals surface area contributed by atoms with Crippen molar-refractivity contribution in [2.45, 2.75) is 26.3 Å². The maximum atomic E-state index is 11.8. The van der Waals surface area contributed by atoms with Gasteiger partial charge in [-0.15, -0.1) is 0 Å². The van der Waals surface area contributed by atoms with Crippen LogP contribution >= 0.6 is 0 Å². The Morgan fingerprint density at radius 3 is 2.29 bits per heavy atom. The van der Waals surface area contributed by atoms with Gasteiger partial charge in [-0.1, -0.05) is 6.92 Å². The number of hydrogen-bond donors (Lipinski definition) is 2. The molecule has 0 aromatic carbocycles. The first-order valence-electron chi connectivity index (χ1n) is 5.94. The molecule has 1 heterocycles. The number of sulfonamides is 1. The van der Waals surface area contributed by atoms with Crippen LogP contribution in [0, 0.1) is 5.41 Å². The van der Waals surface area contributed by atoms with Crippen molar-refractivity contribution in [3.05, 3.63) is 0 Å². The summed E-state index contributed by atoms with van der Waals surface area (Å²) >= 11 is 0. The molecule has 6 nitrogen and oxygen atoms in total. The van der Waals surface area contributed by atoms with Crippen molar-refractivity contribution in [3.8, 4) is 0 Å². The van der Waals surface area contributed by atoms with E-state index in [2.05, 4.69) is 0 Å². The average molecular weight is 262 g/mol. The molecule has 0 aromatic heterocycles. The van der Waals surface area contributed by atoms with E-state index in [1.165, 1.54) is 0 Å². The van der Waals surface area contributed by atoms with Crippen LogP contribution in [0.4, 0.5) is 0 Å². The molecule has 1 aliphatic heterocycles. The van der Waals surface area contributed by atoms with Crippen LogP contribution in [0.2, 0.25) is 0 Å². The summed E-state index contributed by atoms with van der Waals surface area (Å²) in [5.74, 6) is 0.352. The van der Waals surface area contributed by atoms with E-state index < -0.39 is 10.0 Å². The molecule has 17 heavy (non-hydrogen) atoms. The predicted molar refractivity (Wildman–Crippen MR) is 68.6 cm³/mol. The maximum Gasteiger partial charge on any atom is 0.214 e. The van der Waals surface area contributed by atoms with E-state index in [0.29, 0.717) is 32.6 Å². The van der Waals surface area contributed by atoms with Crippen LogP contribution < -0.4 is 5.73 Å². The van der Waals surface area contributed by atoms with Crippen molar-refractivity contribution in [2.24, 2.45) is 5.73 Å². The van der Waals surface area contributed by atoms with Gasteiger partial charge in [-0.3, -0.25) is 10.3 Å². The van der Waals surface area contributed by atoms with Gasteiger partial charge in [0.05, 0.1) is 11.8 Å². The predicted octanol–water partition coefficient (Wildman–Crippen LogP) is -0.332. The zero-order valence-electron chi connectivity index (χ0n) is 10.5. The standard InChI is InChI=1S/C10H22N4O2S/c1-3-8-17(15,16)14-6-4-13(5-7-14)9(2)10(11)12/h9H,3-8H2,1-2H3,(H3,11,12). The Morgan fingerprint density at radius 2 is 1.88 bits per heavy atom. The van der Waals surface area contributed by atoms with Gasteiger partial charge in [-0.05, 0) is 13.3 Å². The minimum atomic E-state index is -3.08. The lowest BCUT2D eigenvalue weighted by Crippen LogP contribution is -2.54.